The van der Waals surface area contributed by atoms with Crippen LogP contribution in [0.15, 0.2) is 48.5 Å². The predicted molar refractivity (Wildman–Crippen MR) is 63.3 cm³/mol. The lowest BCUT2D eigenvalue weighted by molar-refractivity contribution is -0.127. The molecule has 0 aromatic heterocycles. The third-order valence-electron chi connectivity index (χ3n) is 2.55. The molecule has 1 N–H and O–H groups in total. The molecule has 1 nitrogen and oxygen atoms in total. The Balaban J connectivity index is 2.39. The van der Waals surface area contributed by atoms with Crippen LogP contribution < -0.4 is 0 Å². The standard InChI is InChI=1S/C14H11F3O/c15-14(16,17)9-10-6-7-13(18)12(8-10)11-4-2-1-3-5-11/h1-8,18H,9H2. The summed E-state index contributed by atoms with van der Waals surface area (Å²) < 4.78 is 36.9. The van der Waals surface area contributed by atoms with E-state index in [2.05, 4.69) is 0 Å². The van der Waals surface area contributed by atoms with Gasteiger partial charge in [0.25, 0.3) is 0 Å². The fourth-order valence-corrected chi connectivity index (χ4v) is 1.77. The molecule has 0 fully saturated rings. The van der Waals surface area contributed by atoms with E-state index in [4.69, 9.17) is 0 Å². The highest BCUT2D eigenvalue weighted by Gasteiger charge is 2.27. The van der Waals surface area contributed by atoms with Crippen LogP contribution in [0.3, 0.4) is 0 Å². The van der Waals surface area contributed by atoms with Crippen LogP contribution in [-0.2, 0) is 6.42 Å². The lowest BCUT2D eigenvalue weighted by Crippen LogP contribution is -2.11. The lowest BCUT2D eigenvalue weighted by atomic mass is 10.0. The molecule has 0 bridgehead atoms. The Morgan fingerprint density at radius 3 is 2.22 bits per heavy atom. The Morgan fingerprint density at radius 1 is 0.944 bits per heavy atom. The number of alkyl halides is 3. The molecule has 0 radical (unpaired) electrons. The van der Waals surface area contributed by atoms with Gasteiger partial charge in [-0.2, -0.15) is 13.2 Å². The summed E-state index contributed by atoms with van der Waals surface area (Å²) in [5, 5.41) is 9.71. The van der Waals surface area contributed by atoms with Crippen LogP contribution in [-0.4, -0.2) is 11.3 Å². The van der Waals surface area contributed by atoms with Crippen LogP contribution in [0.4, 0.5) is 13.2 Å². The van der Waals surface area contributed by atoms with Gasteiger partial charge in [0.2, 0.25) is 0 Å². The molecular formula is C14H11F3O. The summed E-state index contributed by atoms with van der Waals surface area (Å²) in [6.45, 7) is 0. The second-order valence-corrected chi connectivity index (χ2v) is 4.01. The zero-order chi connectivity index (χ0) is 13.2. The number of hydrogen-bond donors (Lipinski definition) is 1. The van der Waals surface area contributed by atoms with E-state index >= 15 is 0 Å². The van der Waals surface area contributed by atoms with Crippen LogP contribution in [0.1, 0.15) is 5.56 Å². The number of halogens is 3. The van der Waals surface area contributed by atoms with Gasteiger partial charge in [-0.15, -0.1) is 0 Å². The predicted octanol–water partition coefficient (Wildman–Crippen LogP) is 4.16. The van der Waals surface area contributed by atoms with E-state index < -0.39 is 12.6 Å². The average molecular weight is 252 g/mol. The van der Waals surface area contributed by atoms with Crippen molar-refractivity contribution < 1.29 is 18.3 Å². The fraction of sp³-hybridized carbons (Fsp3) is 0.143. The molecule has 4 heteroatoms. The van der Waals surface area contributed by atoms with Gasteiger partial charge in [0.1, 0.15) is 5.75 Å². The van der Waals surface area contributed by atoms with Gasteiger partial charge in [-0.05, 0) is 23.3 Å². The molecule has 2 aromatic carbocycles. The van der Waals surface area contributed by atoms with E-state index in [1.807, 2.05) is 0 Å². The first-order valence-corrected chi connectivity index (χ1v) is 5.40. The van der Waals surface area contributed by atoms with Crippen molar-refractivity contribution in [2.24, 2.45) is 0 Å². The highest BCUT2D eigenvalue weighted by Crippen LogP contribution is 2.31. The maximum atomic E-state index is 12.3. The van der Waals surface area contributed by atoms with Gasteiger partial charge in [-0.3, -0.25) is 0 Å². The Morgan fingerprint density at radius 2 is 1.61 bits per heavy atom. The Bertz CT molecular complexity index is 532. The minimum absolute atomic E-state index is 0.0212. The van der Waals surface area contributed by atoms with Crippen LogP contribution in [0.5, 0.6) is 5.75 Å². The number of aromatic hydroxyl groups is 1. The SMILES string of the molecule is Oc1ccc(CC(F)(F)F)cc1-c1ccccc1. The van der Waals surface area contributed by atoms with Crippen molar-refractivity contribution in [3.05, 3.63) is 54.1 Å². The molecule has 0 unspecified atom stereocenters. The van der Waals surface area contributed by atoms with E-state index in [0.29, 0.717) is 11.1 Å². The first-order chi connectivity index (χ1) is 8.46. The van der Waals surface area contributed by atoms with Gasteiger partial charge < -0.3 is 5.11 Å². The van der Waals surface area contributed by atoms with Crippen molar-refractivity contribution in [3.63, 3.8) is 0 Å². The molecule has 94 valence electrons. The fourth-order valence-electron chi connectivity index (χ4n) is 1.77. The van der Waals surface area contributed by atoms with Crippen molar-refractivity contribution in [2.45, 2.75) is 12.6 Å². The molecule has 2 aromatic rings. The molecule has 0 aliphatic carbocycles. The van der Waals surface area contributed by atoms with Gasteiger partial charge in [0.05, 0.1) is 6.42 Å². The number of phenolic OH excluding ortho intramolecular Hbond substituents is 1. The van der Waals surface area contributed by atoms with Gasteiger partial charge in [0, 0.05) is 5.56 Å². The number of phenols is 1. The van der Waals surface area contributed by atoms with Crippen molar-refractivity contribution in [2.75, 3.05) is 0 Å². The van der Waals surface area contributed by atoms with Gasteiger partial charge in [0.15, 0.2) is 0 Å². The van der Waals surface area contributed by atoms with Crippen molar-refractivity contribution in [1.29, 1.82) is 0 Å². The largest absolute Gasteiger partial charge is 0.507 e. The Labute approximate surface area is 103 Å². The van der Waals surface area contributed by atoms with Crippen molar-refractivity contribution in [1.82, 2.24) is 0 Å². The van der Waals surface area contributed by atoms with Crippen LogP contribution >= 0.6 is 0 Å². The maximum Gasteiger partial charge on any atom is 0.393 e. The lowest BCUT2D eigenvalue weighted by Gasteiger charge is -2.10. The zero-order valence-electron chi connectivity index (χ0n) is 9.41. The Kier molecular flexibility index (Phi) is 3.28. The first kappa shape index (κ1) is 12.5. The maximum absolute atomic E-state index is 12.3. The molecular weight excluding hydrogens is 241 g/mol. The Hall–Kier alpha value is -1.97. The molecule has 0 spiro atoms. The second-order valence-electron chi connectivity index (χ2n) is 4.01. The van der Waals surface area contributed by atoms with Gasteiger partial charge in [-0.25, -0.2) is 0 Å². The van der Waals surface area contributed by atoms with Gasteiger partial charge >= 0.3 is 6.18 Å². The van der Waals surface area contributed by atoms with Crippen LogP contribution in [0.2, 0.25) is 0 Å². The topological polar surface area (TPSA) is 20.2 Å². The summed E-state index contributed by atoms with van der Waals surface area (Å²) in [7, 11) is 0. The molecule has 0 saturated heterocycles. The first-order valence-electron chi connectivity index (χ1n) is 5.40. The number of rotatable bonds is 2. The summed E-state index contributed by atoms with van der Waals surface area (Å²) in [6.07, 6.45) is -5.24. The summed E-state index contributed by atoms with van der Waals surface area (Å²) in [5.41, 5.74) is 1.25. The molecule has 2 rings (SSSR count). The summed E-state index contributed by atoms with van der Waals surface area (Å²) >= 11 is 0. The number of hydrogen-bond acceptors (Lipinski definition) is 1. The third-order valence-corrected chi connectivity index (χ3v) is 2.55. The van der Waals surface area contributed by atoms with E-state index in [9.17, 15) is 18.3 Å². The highest BCUT2D eigenvalue weighted by molar-refractivity contribution is 5.70. The molecule has 0 aliphatic rings. The molecule has 18 heavy (non-hydrogen) atoms. The van der Waals surface area contributed by atoms with E-state index in [-0.39, 0.29) is 11.3 Å². The van der Waals surface area contributed by atoms with Crippen molar-refractivity contribution in [3.8, 4) is 16.9 Å². The highest BCUT2D eigenvalue weighted by atomic mass is 19.4. The normalized spacial score (nSPS) is 11.5. The van der Waals surface area contributed by atoms with E-state index in [0.717, 1.165) is 0 Å². The smallest absolute Gasteiger partial charge is 0.393 e. The molecule has 0 heterocycles. The monoisotopic (exact) mass is 252 g/mol. The minimum Gasteiger partial charge on any atom is -0.507 e. The van der Waals surface area contributed by atoms with Crippen LogP contribution in [0.25, 0.3) is 11.1 Å². The molecule has 0 atom stereocenters. The molecule has 0 saturated carbocycles. The zero-order valence-corrected chi connectivity index (χ0v) is 9.41. The number of benzene rings is 2. The average Bonchev–Trinajstić information content (AvgIpc) is 2.31. The van der Waals surface area contributed by atoms with Crippen molar-refractivity contribution >= 4 is 0 Å². The summed E-state index contributed by atoms with van der Waals surface area (Å²) in [4.78, 5) is 0. The van der Waals surface area contributed by atoms with E-state index in [1.165, 1.54) is 18.2 Å². The molecule has 0 aliphatic heterocycles. The second kappa shape index (κ2) is 4.72. The van der Waals surface area contributed by atoms with Crippen LogP contribution in [0, 0.1) is 0 Å². The third kappa shape index (κ3) is 3.03. The van der Waals surface area contributed by atoms with E-state index in [1.54, 1.807) is 30.3 Å². The minimum atomic E-state index is -4.25. The van der Waals surface area contributed by atoms with Gasteiger partial charge in [-0.1, -0.05) is 36.4 Å². The molecule has 0 amide bonds. The summed E-state index contributed by atoms with van der Waals surface area (Å²) in [6, 6.07) is 12.8. The summed E-state index contributed by atoms with van der Waals surface area (Å²) in [5.74, 6) is -0.0212. The quantitative estimate of drug-likeness (QED) is 0.850.